The van der Waals surface area contributed by atoms with Gasteiger partial charge in [0.1, 0.15) is 0 Å². The topological polar surface area (TPSA) is 0 Å². The summed E-state index contributed by atoms with van der Waals surface area (Å²) in [6.07, 6.45) is 3.76. The van der Waals surface area contributed by atoms with E-state index >= 15 is 0 Å². The van der Waals surface area contributed by atoms with Crippen LogP contribution in [0.15, 0.2) is 17.0 Å². The summed E-state index contributed by atoms with van der Waals surface area (Å²) in [5.74, 6) is 1.28. The summed E-state index contributed by atoms with van der Waals surface area (Å²) in [5, 5.41) is 0. The van der Waals surface area contributed by atoms with E-state index in [0.29, 0.717) is 0 Å². The summed E-state index contributed by atoms with van der Waals surface area (Å²) < 4.78 is 0. The molecule has 0 fully saturated rings. The Kier molecular flexibility index (Phi) is 2.63. The second-order valence-electron chi connectivity index (χ2n) is 3.73. The highest BCUT2D eigenvalue weighted by atomic mass is 32.2. The number of thioether (sulfide) groups is 1. The molecule has 0 spiro atoms. The maximum atomic E-state index is 2.41. The van der Waals surface area contributed by atoms with Gasteiger partial charge in [-0.1, -0.05) is 19.4 Å². The van der Waals surface area contributed by atoms with E-state index in [4.69, 9.17) is 0 Å². The summed E-state index contributed by atoms with van der Waals surface area (Å²) >= 11 is 2.02. The second kappa shape index (κ2) is 3.75. The van der Waals surface area contributed by atoms with Crippen molar-refractivity contribution in [2.45, 2.75) is 38.0 Å². The van der Waals surface area contributed by atoms with Crippen molar-refractivity contribution >= 4 is 11.8 Å². The van der Waals surface area contributed by atoms with Crippen molar-refractivity contribution in [2.24, 2.45) is 0 Å². The summed E-state index contributed by atoms with van der Waals surface area (Å²) in [7, 11) is 0. The highest BCUT2D eigenvalue weighted by Crippen LogP contribution is 2.33. The van der Waals surface area contributed by atoms with E-state index < -0.39 is 0 Å². The molecule has 0 N–H and O–H groups in total. The summed E-state index contributed by atoms with van der Waals surface area (Å²) in [4.78, 5) is 1.54. The number of benzene rings is 1. The molecule has 0 saturated heterocycles. The fourth-order valence-corrected chi connectivity index (χ4v) is 3.04. The van der Waals surface area contributed by atoms with E-state index in [2.05, 4.69) is 26.0 Å². The van der Waals surface area contributed by atoms with E-state index in [0.717, 1.165) is 0 Å². The van der Waals surface area contributed by atoms with Gasteiger partial charge in [-0.3, -0.25) is 0 Å². The zero-order valence-corrected chi connectivity index (χ0v) is 9.21. The standard InChI is InChI=1S/C12H16S/c1-3-4-10-8-12-11(5-6-13-12)7-9(10)2/h7-8H,3-6H2,1-2H3. The molecule has 1 aromatic rings. The highest BCUT2D eigenvalue weighted by molar-refractivity contribution is 7.99. The molecule has 0 aliphatic carbocycles. The van der Waals surface area contributed by atoms with Crippen molar-refractivity contribution in [3.05, 3.63) is 28.8 Å². The molecule has 0 nitrogen and oxygen atoms in total. The Balaban J connectivity index is 2.37. The molecule has 1 heteroatoms. The molecule has 13 heavy (non-hydrogen) atoms. The average Bonchev–Trinajstić information content (AvgIpc) is 2.52. The molecule has 1 aliphatic heterocycles. The number of fused-ring (bicyclic) bond motifs is 1. The van der Waals surface area contributed by atoms with Crippen molar-refractivity contribution in [1.29, 1.82) is 0 Å². The molecule has 0 unspecified atom stereocenters. The van der Waals surface area contributed by atoms with Crippen LogP contribution in [0.3, 0.4) is 0 Å². The molecule has 70 valence electrons. The van der Waals surface area contributed by atoms with Crippen LogP contribution in [-0.2, 0) is 12.8 Å². The lowest BCUT2D eigenvalue weighted by Crippen LogP contribution is -1.91. The van der Waals surface area contributed by atoms with Gasteiger partial charge in [0.25, 0.3) is 0 Å². The van der Waals surface area contributed by atoms with Crippen LogP contribution in [0.2, 0.25) is 0 Å². The summed E-state index contributed by atoms with van der Waals surface area (Å²) in [6.45, 7) is 4.49. The fraction of sp³-hybridized carbons (Fsp3) is 0.500. The summed E-state index contributed by atoms with van der Waals surface area (Å²) in [6, 6.07) is 4.80. The van der Waals surface area contributed by atoms with Crippen molar-refractivity contribution in [3.8, 4) is 0 Å². The Morgan fingerprint density at radius 3 is 3.00 bits per heavy atom. The molecular formula is C12H16S. The van der Waals surface area contributed by atoms with Gasteiger partial charge in [0, 0.05) is 10.6 Å². The minimum absolute atomic E-state index is 1.24. The van der Waals surface area contributed by atoms with Crippen LogP contribution in [0.25, 0.3) is 0 Å². The van der Waals surface area contributed by atoms with Gasteiger partial charge in [-0.2, -0.15) is 0 Å². The third kappa shape index (κ3) is 1.76. The first-order valence-electron chi connectivity index (χ1n) is 5.06. The monoisotopic (exact) mass is 192 g/mol. The zero-order chi connectivity index (χ0) is 9.26. The smallest absolute Gasteiger partial charge is 0.0107 e. The van der Waals surface area contributed by atoms with Gasteiger partial charge in [0.05, 0.1) is 0 Å². The maximum Gasteiger partial charge on any atom is 0.0107 e. The molecule has 1 heterocycles. The molecule has 2 rings (SSSR count). The van der Waals surface area contributed by atoms with Crippen LogP contribution in [0.4, 0.5) is 0 Å². The molecule has 1 aliphatic rings. The predicted molar refractivity (Wildman–Crippen MR) is 59.6 cm³/mol. The Morgan fingerprint density at radius 1 is 1.38 bits per heavy atom. The van der Waals surface area contributed by atoms with Crippen molar-refractivity contribution in [3.63, 3.8) is 0 Å². The first-order valence-corrected chi connectivity index (χ1v) is 6.05. The van der Waals surface area contributed by atoms with Gasteiger partial charge in [0.2, 0.25) is 0 Å². The van der Waals surface area contributed by atoms with Gasteiger partial charge >= 0.3 is 0 Å². The molecule has 0 saturated carbocycles. The molecule has 0 aromatic heterocycles. The fourth-order valence-electron chi connectivity index (χ4n) is 1.93. The van der Waals surface area contributed by atoms with E-state index in [1.807, 2.05) is 11.8 Å². The number of aryl methyl sites for hydroxylation is 3. The van der Waals surface area contributed by atoms with Crippen LogP contribution in [0.5, 0.6) is 0 Å². The van der Waals surface area contributed by atoms with Gasteiger partial charge in [-0.25, -0.2) is 0 Å². The van der Waals surface area contributed by atoms with Crippen molar-refractivity contribution < 1.29 is 0 Å². The minimum atomic E-state index is 1.24. The zero-order valence-electron chi connectivity index (χ0n) is 8.39. The van der Waals surface area contributed by atoms with Gasteiger partial charge < -0.3 is 0 Å². The molecule has 0 atom stereocenters. The third-order valence-electron chi connectivity index (χ3n) is 2.67. The Labute approximate surface area is 84.7 Å². The van der Waals surface area contributed by atoms with Crippen LogP contribution in [-0.4, -0.2) is 5.75 Å². The second-order valence-corrected chi connectivity index (χ2v) is 4.87. The van der Waals surface area contributed by atoms with E-state index in [1.165, 1.54) is 35.5 Å². The largest absolute Gasteiger partial charge is 0.126 e. The maximum absolute atomic E-state index is 2.41. The van der Waals surface area contributed by atoms with E-state index in [-0.39, 0.29) is 0 Å². The Bertz CT molecular complexity index is 315. The molecule has 0 radical (unpaired) electrons. The summed E-state index contributed by atoms with van der Waals surface area (Å²) in [5.41, 5.74) is 4.61. The minimum Gasteiger partial charge on any atom is -0.126 e. The first-order chi connectivity index (χ1) is 6.31. The van der Waals surface area contributed by atoms with Gasteiger partial charge in [0.15, 0.2) is 0 Å². The number of hydrogen-bond acceptors (Lipinski definition) is 1. The van der Waals surface area contributed by atoms with Gasteiger partial charge in [-0.05, 0) is 42.5 Å². The Hall–Kier alpha value is -0.430. The van der Waals surface area contributed by atoms with Crippen LogP contribution in [0, 0.1) is 6.92 Å². The lowest BCUT2D eigenvalue weighted by Gasteiger charge is -2.07. The van der Waals surface area contributed by atoms with Gasteiger partial charge in [-0.15, -0.1) is 11.8 Å². The normalized spacial score (nSPS) is 14.6. The van der Waals surface area contributed by atoms with Crippen LogP contribution < -0.4 is 0 Å². The quantitative estimate of drug-likeness (QED) is 0.690. The van der Waals surface area contributed by atoms with Crippen LogP contribution in [0.1, 0.15) is 30.0 Å². The average molecular weight is 192 g/mol. The van der Waals surface area contributed by atoms with Crippen LogP contribution >= 0.6 is 11.8 Å². The van der Waals surface area contributed by atoms with Crippen molar-refractivity contribution in [2.75, 3.05) is 5.75 Å². The third-order valence-corrected chi connectivity index (χ3v) is 3.77. The lowest BCUT2D eigenvalue weighted by atomic mass is 10.0. The number of rotatable bonds is 2. The lowest BCUT2D eigenvalue weighted by molar-refractivity contribution is 0.905. The molecule has 0 amide bonds. The SMILES string of the molecule is CCCc1cc2c(cc1C)CCS2. The molecule has 1 aromatic carbocycles. The predicted octanol–water partition coefficient (Wildman–Crippen LogP) is 3.60. The number of hydrogen-bond donors (Lipinski definition) is 0. The first kappa shape index (κ1) is 9.14. The van der Waals surface area contributed by atoms with E-state index in [9.17, 15) is 0 Å². The highest BCUT2D eigenvalue weighted by Gasteiger charge is 2.12. The Morgan fingerprint density at radius 2 is 2.23 bits per heavy atom. The molecule has 0 bridgehead atoms. The molecular weight excluding hydrogens is 176 g/mol. The van der Waals surface area contributed by atoms with Crippen molar-refractivity contribution in [1.82, 2.24) is 0 Å². The van der Waals surface area contributed by atoms with E-state index in [1.54, 1.807) is 11.1 Å².